The van der Waals surface area contributed by atoms with Crippen LogP contribution < -0.4 is 11.1 Å². The number of hydrogen-bond acceptors (Lipinski definition) is 3. The van der Waals surface area contributed by atoms with E-state index in [0.717, 1.165) is 12.5 Å². The van der Waals surface area contributed by atoms with E-state index in [9.17, 15) is 9.18 Å². The molecule has 0 radical (unpaired) electrons. The van der Waals surface area contributed by atoms with Crippen molar-refractivity contribution in [3.8, 4) is 0 Å². The summed E-state index contributed by atoms with van der Waals surface area (Å²) < 4.78 is 13.7. The van der Waals surface area contributed by atoms with E-state index in [2.05, 4.69) is 10.5 Å². The van der Waals surface area contributed by atoms with Crippen LogP contribution in [0.4, 0.5) is 10.1 Å². The second kappa shape index (κ2) is 4.64. The minimum atomic E-state index is -0.610. The van der Waals surface area contributed by atoms with Gasteiger partial charge in [0.15, 0.2) is 5.84 Å². The summed E-state index contributed by atoms with van der Waals surface area (Å²) in [7, 11) is 0. The molecule has 0 aromatic heterocycles. The molecule has 6 heteroatoms. The number of carbonyl (C=O) groups is 1. The molecule has 96 valence electrons. The Kier molecular flexibility index (Phi) is 3.18. The first-order chi connectivity index (χ1) is 8.52. The van der Waals surface area contributed by atoms with Gasteiger partial charge in [-0.1, -0.05) is 12.1 Å². The number of carbonyl (C=O) groups excluding carboxylic acids is 1. The lowest BCUT2D eigenvalue weighted by atomic mass is 10.1. The van der Waals surface area contributed by atoms with Crippen molar-refractivity contribution in [1.29, 1.82) is 0 Å². The van der Waals surface area contributed by atoms with Crippen LogP contribution in [-0.4, -0.2) is 17.0 Å². The second-order valence-electron chi connectivity index (χ2n) is 4.49. The number of oxime groups is 1. The topological polar surface area (TPSA) is 87.7 Å². The molecule has 0 saturated heterocycles. The van der Waals surface area contributed by atoms with Crippen molar-refractivity contribution in [2.24, 2.45) is 22.7 Å². The summed E-state index contributed by atoms with van der Waals surface area (Å²) in [6.45, 7) is 1.97. The minimum Gasteiger partial charge on any atom is -0.409 e. The Labute approximate surface area is 103 Å². The maximum absolute atomic E-state index is 13.7. The molecule has 18 heavy (non-hydrogen) atoms. The van der Waals surface area contributed by atoms with Crippen molar-refractivity contribution in [3.05, 3.63) is 29.6 Å². The molecule has 4 N–H and O–H groups in total. The van der Waals surface area contributed by atoms with E-state index in [4.69, 9.17) is 10.9 Å². The first-order valence-corrected chi connectivity index (χ1v) is 5.61. The van der Waals surface area contributed by atoms with E-state index < -0.39 is 5.82 Å². The normalized spacial score (nSPS) is 22.7. The molecule has 1 aliphatic rings. The van der Waals surface area contributed by atoms with Crippen LogP contribution in [0.1, 0.15) is 18.9 Å². The number of hydrogen-bond donors (Lipinski definition) is 3. The zero-order valence-corrected chi connectivity index (χ0v) is 9.85. The van der Waals surface area contributed by atoms with E-state index in [0.29, 0.717) is 5.92 Å². The maximum atomic E-state index is 13.7. The van der Waals surface area contributed by atoms with Gasteiger partial charge in [-0.05, 0) is 30.5 Å². The lowest BCUT2D eigenvalue weighted by molar-refractivity contribution is -0.117. The number of rotatable bonds is 3. The van der Waals surface area contributed by atoms with Crippen molar-refractivity contribution >= 4 is 17.4 Å². The largest absolute Gasteiger partial charge is 0.409 e. The fraction of sp³-hybridized carbons (Fsp3) is 0.333. The highest BCUT2D eigenvalue weighted by atomic mass is 19.1. The third kappa shape index (κ3) is 2.42. The van der Waals surface area contributed by atoms with Gasteiger partial charge in [-0.3, -0.25) is 4.79 Å². The van der Waals surface area contributed by atoms with Gasteiger partial charge in [0.05, 0.1) is 5.69 Å². The Balaban J connectivity index is 2.12. The fourth-order valence-corrected chi connectivity index (χ4v) is 1.75. The molecule has 0 aliphatic heterocycles. The van der Waals surface area contributed by atoms with Crippen molar-refractivity contribution in [2.45, 2.75) is 13.3 Å². The number of nitrogens with zero attached hydrogens (tertiary/aromatic N) is 1. The number of amides is 1. The number of amidine groups is 1. The van der Waals surface area contributed by atoms with Gasteiger partial charge in [0.2, 0.25) is 5.91 Å². The van der Waals surface area contributed by atoms with Gasteiger partial charge in [0.1, 0.15) is 5.82 Å². The molecule has 1 amide bonds. The van der Waals surface area contributed by atoms with Crippen molar-refractivity contribution < 1.29 is 14.4 Å². The predicted octanol–water partition coefficient (Wildman–Crippen LogP) is 1.51. The Morgan fingerprint density at radius 2 is 2.28 bits per heavy atom. The molecule has 2 atom stereocenters. The molecule has 2 rings (SSSR count). The van der Waals surface area contributed by atoms with Gasteiger partial charge >= 0.3 is 0 Å². The Morgan fingerprint density at radius 3 is 2.78 bits per heavy atom. The maximum Gasteiger partial charge on any atom is 0.227 e. The van der Waals surface area contributed by atoms with E-state index in [1.807, 2.05) is 6.92 Å². The van der Waals surface area contributed by atoms with E-state index >= 15 is 0 Å². The van der Waals surface area contributed by atoms with Crippen LogP contribution in [-0.2, 0) is 4.79 Å². The summed E-state index contributed by atoms with van der Waals surface area (Å²) in [5.74, 6) is -0.612. The molecule has 1 aromatic carbocycles. The summed E-state index contributed by atoms with van der Waals surface area (Å²) in [4.78, 5) is 11.6. The summed E-state index contributed by atoms with van der Waals surface area (Å²) in [6, 6.07) is 3.98. The number of nitrogens with two attached hydrogens (primary N) is 1. The Morgan fingerprint density at radius 1 is 1.61 bits per heavy atom. The smallest absolute Gasteiger partial charge is 0.227 e. The van der Waals surface area contributed by atoms with Gasteiger partial charge in [-0.15, -0.1) is 0 Å². The number of benzene rings is 1. The predicted molar refractivity (Wildman–Crippen MR) is 64.8 cm³/mol. The van der Waals surface area contributed by atoms with Crippen LogP contribution in [0.5, 0.6) is 0 Å². The molecule has 0 heterocycles. The molecule has 1 aromatic rings. The standard InChI is InChI=1S/C12H14FN3O2/c1-6-4-8(6)12(17)15-10-3-2-7(5-9(10)13)11(14)16-18/h2-3,5-6,8,18H,4H2,1H3,(H2,14,16)(H,15,17). The monoisotopic (exact) mass is 251 g/mol. The zero-order chi connectivity index (χ0) is 13.3. The quantitative estimate of drug-likeness (QED) is 0.329. The summed E-state index contributed by atoms with van der Waals surface area (Å²) in [6.07, 6.45) is 0.843. The van der Waals surface area contributed by atoms with E-state index in [1.54, 1.807) is 0 Å². The molecular formula is C12H14FN3O2. The third-order valence-electron chi connectivity index (χ3n) is 3.08. The number of halogens is 1. The van der Waals surface area contributed by atoms with Crippen LogP contribution in [0.15, 0.2) is 23.4 Å². The van der Waals surface area contributed by atoms with Crippen LogP contribution in [0.3, 0.4) is 0 Å². The zero-order valence-electron chi connectivity index (χ0n) is 9.85. The average molecular weight is 251 g/mol. The van der Waals surface area contributed by atoms with Crippen molar-refractivity contribution in [2.75, 3.05) is 5.32 Å². The molecule has 1 fully saturated rings. The minimum absolute atomic E-state index is 0.0202. The van der Waals surface area contributed by atoms with Gasteiger partial charge in [0.25, 0.3) is 0 Å². The van der Waals surface area contributed by atoms with Crippen molar-refractivity contribution in [3.63, 3.8) is 0 Å². The Bertz CT molecular complexity index is 516. The summed E-state index contributed by atoms with van der Waals surface area (Å²) >= 11 is 0. The van der Waals surface area contributed by atoms with Gasteiger partial charge in [-0.2, -0.15) is 0 Å². The molecule has 5 nitrogen and oxygen atoms in total. The lowest BCUT2D eigenvalue weighted by Gasteiger charge is -2.07. The third-order valence-corrected chi connectivity index (χ3v) is 3.08. The van der Waals surface area contributed by atoms with Gasteiger partial charge in [0, 0.05) is 11.5 Å². The molecule has 0 bridgehead atoms. The number of nitrogens with one attached hydrogen (secondary N) is 1. The highest BCUT2D eigenvalue weighted by molar-refractivity contribution is 5.98. The van der Waals surface area contributed by atoms with Gasteiger partial charge < -0.3 is 16.3 Å². The highest BCUT2D eigenvalue weighted by Gasteiger charge is 2.39. The fourth-order valence-electron chi connectivity index (χ4n) is 1.75. The summed E-state index contributed by atoms with van der Waals surface area (Å²) in [5.41, 5.74) is 5.70. The molecular weight excluding hydrogens is 237 g/mol. The molecule has 1 saturated carbocycles. The molecule has 2 unspecified atom stereocenters. The molecule has 0 spiro atoms. The lowest BCUT2D eigenvalue weighted by Crippen LogP contribution is -2.17. The average Bonchev–Trinajstić information content (AvgIpc) is 3.08. The second-order valence-corrected chi connectivity index (χ2v) is 4.49. The SMILES string of the molecule is CC1CC1C(=O)Nc1ccc(/C(N)=N/O)cc1F. The molecule has 1 aliphatic carbocycles. The summed E-state index contributed by atoms with van der Waals surface area (Å²) in [5, 5.41) is 13.8. The highest BCUT2D eigenvalue weighted by Crippen LogP contribution is 2.38. The van der Waals surface area contributed by atoms with Gasteiger partial charge in [-0.25, -0.2) is 4.39 Å². The number of anilines is 1. The van der Waals surface area contributed by atoms with Crippen LogP contribution in [0.25, 0.3) is 0 Å². The Hall–Kier alpha value is -2.11. The van der Waals surface area contributed by atoms with Crippen LogP contribution in [0, 0.1) is 17.7 Å². The first-order valence-electron chi connectivity index (χ1n) is 5.61. The van der Waals surface area contributed by atoms with E-state index in [1.165, 1.54) is 12.1 Å². The van der Waals surface area contributed by atoms with E-state index in [-0.39, 0.29) is 28.9 Å². The van der Waals surface area contributed by atoms with Crippen LogP contribution >= 0.6 is 0 Å². The van der Waals surface area contributed by atoms with Crippen molar-refractivity contribution in [1.82, 2.24) is 0 Å². The van der Waals surface area contributed by atoms with Crippen LogP contribution in [0.2, 0.25) is 0 Å². The first kappa shape index (κ1) is 12.3.